The monoisotopic (exact) mass is 243 g/mol. The van der Waals surface area contributed by atoms with Crippen LogP contribution in [0.5, 0.6) is 0 Å². The summed E-state index contributed by atoms with van der Waals surface area (Å²) >= 11 is 7.27. The summed E-state index contributed by atoms with van der Waals surface area (Å²) in [7, 11) is 0. The largest absolute Gasteiger partial charge is 0.308 e. The third kappa shape index (κ3) is 2.82. The summed E-state index contributed by atoms with van der Waals surface area (Å²) in [6.45, 7) is 0. The minimum atomic E-state index is 0.00845. The van der Waals surface area contributed by atoms with Gasteiger partial charge in [0, 0.05) is 0 Å². The van der Waals surface area contributed by atoms with Crippen molar-refractivity contribution in [1.29, 1.82) is 0 Å². The van der Waals surface area contributed by atoms with E-state index in [9.17, 15) is 4.79 Å². The highest BCUT2D eigenvalue weighted by atomic mass is 35.5. The number of hydrogen-bond donors (Lipinski definition) is 1. The predicted octanol–water partition coefficient (Wildman–Crippen LogP) is 1.96. The molecule has 2 rings (SSSR count). The molecule has 15 heavy (non-hydrogen) atoms. The number of thioether (sulfide) groups is 1. The molecule has 1 saturated heterocycles. The van der Waals surface area contributed by atoms with Gasteiger partial charge in [0.25, 0.3) is 0 Å². The van der Waals surface area contributed by atoms with Crippen LogP contribution in [0.4, 0.5) is 5.82 Å². The van der Waals surface area contributed by atoms with Gasteiger partial charge in [0.2, 0.25) is 5.91 Å². The van der Waals surface area contributed by atoms with Gasteiger partial charge in [0.05, 0.1) is 5.25 Å². The van der Waals surface area contributed by atoms with Crippen LogP contribution >= 0.6 is 23.4 Å². The number of anilines is 1. The van der Waals surface area contributed by atoms with Gasteiger partial charge in [-0.25, -0.2) is 0 Å². The molecular formula is C9H10ClN3OS. The molecule has 1 aromatic rings. The van der Waals surface area contributed by atoms with E-state index in [0.717, 1.165) is 18.6 Å². The van der Waals surface area contributed by atoms with Crippen LogP contribution in [0.1, 0.15) is 12.8 Å². The van der Waals surface area contributed by atoms with Crippen LogP contribution in [0, 0.1) is 0 Å². The van der Waals surface area contributed by atoms with Crippen LogP contribution in [0.3, 0.4) is 0 Å². The zero-order valence-electron chi connectivity index (χ0n) is 7.94. The summed E-state index contributed by atoms with van der Waals surface area (Å²) in [4.78, 5) is 11.7. The number of nitrogens with zero attached hydrogens (tertiary/aromatic N) is 2. The zero-order chi connectivity index (χ0) is 10.7. The molecule has 1 aliphatic rings. The van der Waals surface area contributed by atoms with Crippen LogP contribution in [0.15, 0.2) is 12.1 Å². The molecule has 0 bridgehead atoms. The number of hydrogen-bond acceptors (Lipinski definition) is 4. The molecule has 1 aliphatic heterocycles. The van der Waals surface area contributed by atoms with Gasteiger partial charge in [-0.1, -0.05) is 11.6 Å². The highest BCUT2D eigenvalue weighted by Gasteiger charge is 2.23. The molecule has 1 aromatic heterocycles. The number of rotatable bonds is 2. The highest BCUT2D eigenvalue weighted by Crippen LogP contribution is 2.26. The van der Waals surface area contributed by atoms with Gasteiger partial charge >= 0.3 is 0 Å². The molecule has 0 aliphatic carbocycles. The fourth-order valence-corrected chi connectivity index (χ4v) is 2.64. The van der Waals surface area contributed by atoms with E-state index in [1.165, 1.54) is 0 Å². The Hall–Kier alpha value is -0.810. The van der Waals surface area contributed by atoms with E-state index in [1.807, 2.05) is 0 Å². The lowest BCUT2D eigenvalue weighted by Crippen LogP contribution is -2.23. The number of aromatic nitrogens is 2. The van der Waals surface area contributed by atoms with Crippen molar-refractivity contribution in [2.75, 3.05) is 11.1 Å². The summed E-state index contributed by atoms with van der Waals surface area (Å²) in [5, 5.41) is 10.5. The molecule has 80 valence electrons. The van der Waals surface area contributed by atoms with E-state index < -0.39 is 0 Å². The molecule has 2 heterocycles. The Bertz CT molecular complexity index is 351. The summed E-state index contributed by atoms with van der Waals surface area (Å²) in [6.07, 6.45) is 2.05. The summed E-state index contributed by atoms with van der Waals surface area (Å²) in [5.74, 6) is 1.52. The van der Waals surface area contributed by atoms with Crippen LogP contribution < -0.4 is 5.32 Å². The number of nitrogens with one attached hydrogen (secondary N) is 1. The Morgan fingerprint density at radius 2 is 2.40 bits per heavy atom. The molecule has 0 saturated carbocycles. The predicted molar refractivity (Wildman–Crippen MR) is 61.2 cm³/mol. The number of carbonyl (C=O) groups excluding carboxylic acids is 1. The van der Waals surface area contributed by atoms with Crippen LogP contribution in [-0.4, -0.2) is 27.1 Å². The summed E-state index contributed by atoms with van der Waals surface area (Å²) in [5.41, 5.74) is 0. The van der Waals surface area contributed by atoms with E-state index >= 15 is 0 Å². The normalized spacial score (nSPS) is 20.2. The zero-order valence-corrected chi connectivity index (χ0v) is 9.51. The third-order valence-electron chi connectivity index (χ3n) is 2.11. The quantitative estimate of drug-likeness (QED) is 0.863. The van der Waals surface area contributed by atoms with Gasteiger partial charge in [-0.05, 0) is 30.7 Å². The van der Waals surface area contributed by atoms with Gasteiger partial charge in [0.1, 0.15) is 0 Å². The SMILES string of the molecule is O=C(Nc1ccc(Cl)nn1)C1CCCS1. The van der Waals surface area contributed by atoms with Crippen molar-refractivity contribution in [1.82, 2.24) is 10.2 Å². The maximum Gasteiger partial charge on any atom is 0.238 e. The number of carbonyl (C=O) groups is 1. The molecule has 0 spiro atoms. The van der Waals surface area contributed by atoms with E-state index in [4.69, 9.17) is 11.6 Å². The Labute approximate surface area is 96.8 Å². The molecular weight excluding hydrogens is 234 g/mol. The number of halogens is 1. The second-order valence-corrected chi connectivity index (χ2v) is 4.93. The molecule has 1 amide bonds. The lowest BCUT2D eigenvalue weighted by molar-refractivity contribution is -0.115. The van der Waals surface area contributed by atoms with Crippen molar-refractivity contribution >= 4 is 35.1 Å². The van der Waals surface area contributed by atoms with Gasteiger partial charge < -0.3 is 5.32 Å². The van der Waals surface area contributed by atoms with Crippen molar-refractivity contribution in [3.05, 3.63) is 17.3 Å². The Morgan fingerprint density at radius 3 is 3.00 bits per heavy atom. The first kappa shape index (κ1) is 10.7. The molecule has 1 unspecified atom stereocenters. The molecule has 0 radical (unpaired) electrons. The van der Waals surface area contributed by atoms with E-state index in [0.29, 0.717) is 11.0 Å². The minimum Gasteiger partial charge on any atom is -0.308 e. The third-order valence-corrected chi connectivity index (χ3v) is 3.68. The first-order valence-electron chi connectivity index (χ1n) is 4.67. The van der Waals surface area contributed by atoms with Crippen molar-refractivity contribution in [3.8, 4) is 0 Å². The van der Waals surface area contributed by atoms with Crippen LogP contribution in [0.25, 0.3) is 0 Å². The fraction of sp³-hybridized carbons (Fsp3) is 0.444. The van der Waals surface area contributed by atoms with Gasteiger partial charge in [-0.2, -0.15) is 0 Å². The molecule has 1 N–H and O–H groups in total. The van der Waals surface area contributed by atoms with E-state index in [2.05, 4.69) is 15.5 Å². The summed E-state index contributed by atoms with van der Waals surface area (Å²) in [6, 6.07) is 3.25. The summed E-state index contributed by atoms with van der Waals surface area (Å²) < 4.78 is 0. The van der Waals surface area contributed by atoms with Crippen molar-refractivity contribution in [2.45, 2.75) is 18.1 Å². The molecule has 4 nitrogen and oxygen atoms in total. The van der Waals surface area contributed by atoms with Crippen LogP contribution in [-0.2, 0) is 4.79 Å². The van der Waals surface area contributed by atoms with Crippen LogP contribution in [0.2, 0.25) is 5.15 Å². The fourth-order valence-electron chi connectivity index (χ4n) is 1.37. The van der Waals surface area contributed by atoms with Crippen molar-refractivity contribution in [2.24, 2.45) is 0 Å². The lowest BCUT2D eigenvalue weighted by atomic mass is 10.2. The van der Waals surface area contributed by atoms with Crippen molar-refractivity contribution in [3.63, 3.8) is 0 Å². The first-order valence-corrected chi connectivity index (χ1v) is 6.10. The second kappa shape index (κ2) is 4.81. The number of amides is 1. The van der Waals surface area contributed by atoms with Crippen molar-refractivity contribution < 1.29 is 4.79 Å². The topological polar surface area (TPSA) is 54.9 Å². The van der Waals surface area contributed by atoms with Gasteiger partial charge in [-0.3, -0.25) is 4.79 Å². The minimum absolute atomic E-state index is 0.00845. The maximum absolute atomic E-state index is 11.7. The second-order valence-electron chi connectivity index (χ2n) is 3.23. The van der Waals surface area contributed by atoms with E-state index in [-0.39, 0.29) is 11.2 Å². The lowest BCUT2D eigenvalue weighted by Gasteiger charge is -2.08. The van der Waals surface area contributed by atoms with Gasteiger partial charge in [0.15, 0.2) is 11.0 Å². The Morgan fingerprint density at radius 1 is 1.53 bits per heavy atom. The molecule has 1 atom stereocenters. The van der Waals surface area contributed by atoms with E-state index in [1.54, 1.807) is 23.9 Å². The average Bonchev–Trinajstić information content (AvgIpc) is 2.74. The smallest absolute Gasteiger partial charge is 0.238 e. The standard InChI is InChI=1S/C9H10ClN3OS/c10-7-3-4-8(13-12-7)11-9(14)6-2-1-5-15-6/h3-4,6H,1-2,5H2,(H,11,13,14). The first-order chi connectivity index (χ1) is 7.25. The molecule has 1 fully saturated rings. The highest BCUT2D eigenvalue weighted by molar-refractivity contribution is 8.00. The average molecular weight is 244 g/mol. The Kier molecular flexibility index (Phi) is 3.43. The van der Waals surface area contributed by atoms with Gasteiger partial charge in [-0.15, -0.1) is 22.0 Å². The molecule has 6 heteroatoms. The maximum atomic E-state index is 11.7. The molecule has 0 aromatic carbocycles. The Balaban J connectivity index is 1.96.